The zero-order valence-electron chi connectivity index (χ0n) is 15.2. The van der Waals surface area contributed by atoms with Crippen molar-refractivity contribution >= 4 is 17.5 Å². The molecule has 2 aliphatic rings. The summed E-state index contributed by atoms with van der Waals surface area (Å²) in [6.45, 7) is 4.55. The molecule has 2 aromatic rings. The van der Waals surface area contributed by atoms with Crippen LogP contribution >= 0.6 is 0 Å². The number of aryl methyl sites for hydroxylation is 1. The predicted octanol–water partition coefficient (Wildman–Crippen LogP) is 2.39. The molecule has 1 saturated heterocycles. The van der Waals surface area contributed by atoms with Crippen molar-refractivity contribution in [3.8, 4) is 11.6 Å². The van der Waals surface area contributed by atoms with Crippen molar-refractivity contribution < 1.29 is 19.1 Å². The first-order chi connectivity index (χ1) is 13.1. The lowest BCUT2D eigenvalue weighted by Crippen LogP contribution is -2.42. The molecule has 0 atom stereocenters. The van der Waals surface area contributed by atoms with Gasteiger partial charge < -0.3 is 19.3 Å². The molecule has 4 rings (SSSR count). The maximum atomic E-state index is 13.2. The molecule has 0 N–H and O–H groups in total. The van der Waals surface area contributed by atoms with Gasteiger partial charge in [0.2, 0.25) is 11.8 Å². The number of morpholine rings is 1. The van der Waals surface area contributed by atoms with Crippen molar-refractivity contribution in [3.63, 3.8) is 0 Å². The van der Waals surface area contributed by atoms with Crippen LogP contribution in [0.2, 0.25) is 0 Å². The van der Waals surface area contributed by atoms with Crippen LogP contribution in [0.3, 0.4) is 0 Å². The van der Waals surface area contributed by atoms with Gasteiger partial charge >= 0.3 is 0 Å². The summed E-state index contributed by atoms with van der Waals surface area (Å²) in [5.41, 5.74) is 2.06. The van der Waals surface area contributed by atoms with Gasteiger partial charge in [-0.25, -0.2) is 4.98 Å². The average Bonchev–Trinajstić information content (AvgIpc) is 2.81. The van der Waals surface area contributed by atoms with Gasteiger partial charge in [-0.3, -0.25) is 9.59 Å². The van der Waals surface area contributed by atoms with Crippen molar-refractivity contribution in [2.24, 2.45) is 0 Å². The van der Waals surface area contributed by atoms with Gasteiger partial charge in [0.1, 0.15) is 5.56 Å². The summed E-state index contributed by atoms with van der Waals surface area (Å²) in [5, 5.41) is 0. The van der Waals surface area contributed by atoms with Gasteiger partial charge in [0.25, 0.3) is 5.91 Å². The molecule has 0 bridgehead atoms. The van der Waals surface area contributed by atoms with E-state index < -0.39 is 0 Å². The number of amides is 2. The van der Waals surface area contributed by atoms with Crippen molar-refractivity contribution in [3.05, 3.63) is 47.7 Å². The maximum absolute atomic E-state index is 13.2. The zero-order chi connectivity index (χ0) is 18.8. The number of aromatic nitrogens is 1. The van der Waals surface area contributed by atoms with Gasteiger partial charge in [-0.2, -0.15) is 0 Å². The first-order valence-corrected chi connectivity index (χ1v) is 9.04. The number of fused-ring (bicyclic) bond motifs is 2. The highest BCUT2D eigenvalue weighted by Crippen LogP contribution is 2.38. The molecule has 0 unspecified atom stereocenters. The Morgan fingerprint density at radius 2 is 2.04 bits per heavy atom. The minimum absolute atomic E-state index is 0.0249. The van der Waals surface area contributed by atoms with Crippen molar-refractivity contribution in [2.75, 3.05) is 37.7 Å². The Kier molecular flexibility index (Phi) is 4.77. The summed E-state index contributed by atoms with van der Waals surface area (Å²) in [6.07, 6.45) is 1.84. The average molecular weight is 367 g/mol. The number of ether oxygens (including phenoxy) is 2. The van der Waals surface area contributed by atoms with E-state index in [2.05, 4.69) is 4.98 Å². The summed E-state index contributed by atoms with van der Waals surface area (Å²) in [5.74, 6) is 0.661. The van der Waals surface area contributed by atoms with Gasteiger partial charge in [-0.1, -0.05) is 6.07 Å². The number of rotatable bonds is 3. The smallest absolute Gasteiger partial charge is 0.263 e. The molecule has 2 amide bonds. The molecule has 7 heteroatoms. The second kappa shape index (κ2) is 7.36. The van der Waals surface area contributed by atoms with Crippen molar-refractivity contribution in [2.45, 2.75) is 13.3 Å². The minimum Gasteiger partial charge on any atom is -0.436 e. The number of hydrogen-bond acceptors (Lipinski definition) is 5. The Bertz CT molecular complexity index is 877. The van der Waals surface area contributed by atoms with E-state index in [1.165, 1.54) is 0 Å². The van der Waals surface area contributed by atoms with Crippen LogP contribution < -0.4 is 9.64 Å². The van der Waals surface area contributed by atoms with E-state index in [0.717, 1.165) is 5.56 Å². The fourth-order valence-electron chi connectivity index (χ4n) is 3.32. The lowest BCUT2D eigenvalue weighted by atomic mass is 10.1. The molecule has 3 heterocycles. The molecular weight excluding hydrogens is 346 g/mol. The molecule has 1 fully saturated rings. The summed E-state index contributed by atoms with van der Waals surface area (Å²) in [7, 11) is 0. The Morgan fingerprint density at radius 3 is 2.85 bits per heavy atom. The molecule has 0 spiro atoms. The van der Waals surface area contributed by atoms with Crippen LogP contribution in [0.5, 0.6) is 11.6 Å². The Balaban J connectivity index is 1.62. The van der Waals surface area contributed by atoms with E-state index in [4.69, 9.17) is 9.47 Å². The third kappa shape index (κ3) is 3.50. The SMILES string of the molecule is Cc1ccc2c(c1)N(CCC(=O)N1CCOCC1)C(=O)c1cccnc1O2. The van der Waals surface area contributed by atoms with Gasteiger partial charge in [0, 0.05) is 32.3 Å². The van der Waals surface area contributed by atoms with Gasteiger partial charge in [0.05, 0.1) is 18.9 Å². The van der Waals surface area contributed by atoms with E-state index in [9.17, 15) is 9.59 Å². The second-order valence-electron chi connectivity index (χ2n) is 6.63. The summed E-state index contributed by atoms with van der Waals surface area (Å²) in [4.78, 5) is 33.3. The first-order valence-electron chi connectivity index (χ1n) is 9.04. The summed E-state index contributed by atoms with van der Waals surface area (Å²) in [6, 6.07) is 9.06. The fourth-order valence-corrected chi connectivity index (χ4v) is 3.32. The Labute approximate surface area is 157 Å². The fraction of sp³-hybridized carbons (Fsp3) is 0.350. The van der Waals surface area contributed by atoms with Crippen LogP contribution in [0.1, 0.15) is 22.3 Å². The number of carbonyl (C=O) groups is 2. The molecule has 1 aromatic carbocycles. The standard InChI is InChI=1S/C20H21N3O4/c1-14-4-5-17-16(13-14)23(8-6-18(24)22-9-11-26-12-10-22)20(25)15-3-2-7-21-19(15)27-17/h2-5,7,13H,6,8-12H2,1H3. The molecule has 0 radical (unpaired) electrons. The second-order valence-corrected chi connectivity index (χ2v) is 6.63. The lowest BCUT2D eigenvalue weighted by Gasteiger charge is -2.28. The van der Waals surface area contributed by atoms with Gasteiger partial charge in [0.15, 0.2) is 5.75 Å². The molecule has 2 aliphatic heterocycles. The normalized spacial score (nSPS) is 16.3. The highest BCUT2D eigenvalue weighted by atomic mass is 16.5. The molecule has 0 aliphatic carbocycles. The monoisotopic (exact) mass is 367 g/mol. The van der Waals surface area contributed by atoms with Crippen LogP contribution in [-0.2, 0) is 9.53 Å². The molecule has 0 saturated carbocycles. The largest absolute Gasteiger partial charge is 0.436 e. The molecule has 27 heavy (non-hydrogen) atoms. The topological polar surface area (TPSA) is 72.0 Å². The van der Waals surface area contributed by atoms with Crippen LogP contribution in [-0.4, -0.2) is 54.5 Å². The number of benzene rings is 1. The van der Waals surface area contributed by atoms with Gasteiger partial charge in [-0.15, -0.1) is 0 Å². The van der Waals surface area contributed by atoms with Crippen molar-refractivity contribution in [1.29, 1.82) is 0 Å². The highest BCUT2D eigenvalue weighted by molar-refractivity contribution is 6.09. The van der Waals surface area contributed by atoms with E-state index in [1.807, 2.05) is 25.1 Å². The number of hydrogen-bond donors (Lipinski definition) is 0. The van der Waals surface area contributed by atoms with E-state index in [1.54, 1.807) is 28.1 Å². The van der Waals surface area contributed by atoms with Crippen LogP contribution in [0.15, 0.2) is 36.5 Å². The lowest BCUT2D eigenvalue weighted by molar-refractivity contribution is -0.135. The van der Waals surface area contributed by atoms with Gasteiger partial charge in [-0.05, 0) is 36.8 Å². The molecular formula is C20H21N3O4. The van der Waals surface area contributed by atoms with E-state index in [0.29, 0.717) is 43.3 Å². The third-order valence-corrected chi connectivity index (χ3v) is 4.77. The number of carbonyl (C=O) groups excluding carboxylic acids is 2. The van der Waals surface area contributed by atoms with Crippen LogP contribution in [0.4, 0.5) is 5.69 Å². The Hall–Kier alpha value is -2.93. The van der Waals surface area contributed by atoms with E-state index in [-0.39, 0.29) is 30.7 Å². The Morgan fingerprint density at radius 1 is 1.22 bits per heavy atom. The number of nitrogens with zero attached hydrogens (tertiary/aromatic N) is 3. The molecule has 1 aromatic heterocycles. The quantitative estimate of drug-likeness (QED) is 0.833. The minimum atomic E-state index is -0.211. The third-order valence-electron chi connectivity index (χ3n) is 4.77. The van der Waals surface area contributed by atoms with Crippen LogP contribution in [0.25, 0.3) is 0 Å². The van der Waals surface area contributed by atoms with E-state index >= 15 is 0 Å². The van der Waals surface area contributed by atoms with Crippen molar-refractivity contribution in [1.82, 2.24) is 9.88 Å². The molecule has 7 nitrogen and oxygen atoms in total. The summed E-state index contributed by atoms with van der Waals surface area (Å²) >= 11 is 0. The zero-order valence-corrected chi connectivity index (χ0v) is 15.2. The predicted molar refractivity (Wildman–Crippen MR) is 99.2 cm³/mol. The maximum Gasteiger partial charge on any atom is 0.263 e. The van der Waals surface area contributed by atoms with Crippen LogP contribution in [0, 0.1) is 6.92 Å². The molecule has 140 valence electrons. The number of pyridine rings is 1. The highest BCUT2D eigenvalue weighted by Gasteiger charge is 2.30. The first kappa shape index (κ1) is 17.5. The number of anilines is 1. The summed E-state index contributed by atoms with van der Waals surface area (Å²) < 4.78 is 11.2.